The lowest BCUT2D eigenvalue weighted by Gasteiger charge is -2.35. The van der Waals surface area contributed by atoms with Gasteiger partial charge in [-0.2, -0.15) is 4.31 Å². The van der Waals surface area contributed by atoms with E-state index in [2.05, 4.69) is 0 Å². The Bertz CT molecular complexity index is 533. The van der Waals surface area contributed by atoms with Crippen LogP contribution in [0.25, 0.3) is 0 Å². The van der Waals surface area contributed by atoms with Gasteiger partial charge in [-0.15, -0.1) is 0 Å². The number of nitrogens with two attached hydrogens (primary N) is 1. The van der Waals surface area contributed by atoms with E-state index in [9.17, 15) is 12.8 Å². The fraction of sp³-hybridized carbons (Fsp3) is 0.500. The summed E-state index contributed by atoms with van der Waals surface area (Å²) in [5.74, 6) is -0.544. The average molecular weight is 272 g/mol. The summed E-state index contributed by atoms with van der Waals surface area (Å²) >= 11 is 0. The molecule has 0 bridgehead atoms. The first-order chi connectivity index (χ1) is 8.41. The first kappa shape index (κ1) is 13.5. The number of sulfonamides is 1. The normalized spacial score (nSPS) is 26.2. The molecule has 2 rings (SSSR count). The molecular weight excluding hydrogens is 255 g/mol. The van der Waals surface area contributed by atoms with Gasteiger partial charge in [0.15, 0.2) is 0 Å². The van der Waals surface area contributed by atoms with E-state index in [-0.39, 0.29) is 17.0 Å². The third kappa shape index (κ3) is 2.55. The Hall–Kier alpha value is -0.980. The van der Waals surface area contributed by atoms with E-state index < -0.39 is 15.8 Å². The minimum atomic E-state index is -3.62. The fourth-order valence-electron chi connectivity index (χ4n) is 2.31. The number of hydrogen-bond donors (Lipinski definition) is 1. The lowest BCUT2D eigenvalue weighted by Crippen LogP contribution is -2.48. The van der Waals surface area contributed by atoms with Crippen LogP contribution in [0.4, 0.5) is 4.39 Å². The standard InChI is InChI=1S/C12H17FN2O2S/c1-9-7-11(14)5-6-15(9)18(16,17)12-4-2-3-10(13)8-12/h2-4,8-9,11H,5-7,14H2,1H3. The van der Waals surface area contributed by atoms with Crippen molar-refractivity contribution in [2.75, 3.05) is 6.54 Å². The quantitative estimate of drug-likeness (QED) is 0.883. The highest BCUT2D eigenvalue weighted by Crippen LogP contribution is 2.24. The average Bonchev–Trinajstić information content (AvgIpc) is 2.28. The van der Waals surface area contributed by atoms with Gasteiger partial charge in [-0.25, -0.2) is 12.8 Å². The smallest absolute Gasteiger partial charge is 0.243 e. The second-order valence-corrected chi connectivity index (χ2v) is 6.60. The Balaban J connectivity index is 2.31. The highest BCUT2D eigenvalue weighted by atomic mass is 32.2. The number of rotatable bonds is 2. The van der Waals surface area contributed by atoms with Crippen LogP contribution in [0.1, 0.15) is 19.8 Å². The molecule has 2 atom stereocenters. The lowest BCUT2D eigenvalue weighted by atomic mass is 10.0. The van der Waals surface area contributed by atoms with Gasteiger partial charge in [-0.05, 0) is 38.0 Å². The van der Waals surface area contributed by atoms with Crippen molar-refractivity contribution in [2.24, 2.45) is 5.73 Å². The third-order valence-electron chi connectivity index (χ3n) is 3.26. The summed E-state index contributed by atoms with van der Waals surface area (Å²) in [6.07, 6.45) is 1.27. The number of piperidine rings is 1. The largest absolute Gasteiger partial charge is 0.328 e. The molecule has 1 fully saturated rings. The maximum absolute atomic E-state index is 13.1. The van der Waals surface area contributed by atoms with E-state index in [4.69, 9.17) is 5.73 Å². The van der Waals surface area contributed by atoms with E-state index >= 15 is 0 Å². The maximum Gasteiger partial charge on any atom is 0.243 e. The van der Waals surface area contributed by atoms with Gasteiger partial charge in [0.05, 0.1) is 4.90 Å². The van der Waals surface area contributed by atoms with Gasteiger partial charge in [-0.1, -0.05) is 6.07 Å². The molecule has 0 aliphatic carbocycles. The van der Waals surface area contributed by atoms with Gasteiger partial charge in [-0.3, -0.25) is 0 Å². The van der Waals surface area contributed by atoms with Crippen molar-refractivity contribution in [3.8, 4) is 0 Å². The van der Waals surface area contributed by atoms with E-state index in [1.165, 1.54) is 22.5 Å². The van der Waals surface area contributed by atoms with Crippen molar-refractivity contribution in [1.82, 2.24) is 4.31 Å². The number of benzene rings is 1. The Labute approximate surface area is 107 Å². The first-order valence-electron chi connectivity index (χ1n) is 5.94. The molecule has 1 heterocycles. The molecule has 4 nitrogen and oxygen atoms in total. The van der Waals surface area contributed by atoms with Crippen LogP contribution in [0.3, 0.4) is 0 Å². The van der Waals surface area contributed by atoms with E-state index in [0.717, 1.165) is 6.07 Å². The van der Waals surface area contributed by atoms with Crippen molar-refractivity contribution in [3.05, 3.63) is 30.1 Å². The summed E-state index contributed by atoms with van der Waals surface area (Å²) in [7, 11) is -3.62. The molecule has 18 heavy (non-hydrogen) atoms. The maximum atomic E-state index is 13.1. The monoisotopic (exact) mass is 272 g/mol. The predicted molar refractivity (Wildman–Crippen MR) is 67.0 cm³/mol. The van der Waals surface area contributed by atoms with Crippen LogP contribution in [-0.2, 0) is 10.0 Å². The van der Waals surface area contributed by atoms with Gasteiger partial charge in [0.2, 0.25) is 10.0 Å². The molecule has 0 saturated carbocycles. The molecule has 0 radical (unpaired) electrons. The summed E-state index contributed by atoms with van der Waals surface area (Å²) in [6, 6.07) is 4.99. The third-order valence-corrected chi connectivity index (χ3v) is 5.27. The topological polar surface area (TPSA) is 63.4 Å². The molecule has 1 aromatic carbocycles. The summed E-state index contributed by atoms with van der Waals surface area (Å²) in [6.45, 7) is 2.22. The zero-order valence-corrected chi connectivity index (χ0v) is 11.0. The second-order valence-electron chi connectivity index (χ2n) is 4.71. The summed E-state index contributed by atoms with van der Waals surface area (Å²) in [5, 5.41) is 0. The first-order valence-corrected chi connectivity index (χ1v) is 7.38. The molecule has 1 aliphatic rings. The zero-order valence-electron chi connectivity index (χ0n) is 10.2. The molecular formula is C12H17FN2O2S. The Morgan fingerprint density at radius 1 is 1.44 bits per heavy atom. The second kappa shape index (κ2) is 4.95. The minimum Gasteiger partial charge on any atom is -0.328 e. The number of hydrogen-bond acceptors (Lipinski definition) is 3. The molecule has 2 N–H and O–H groups in total. The molecule has 1 saturated heterocycles. The minimum absolute atomic E-state index is 0.00446. The highest BCUT2D eigenvalue weighted by molar-refractivity contribution is 7.89. The fourth-order valence-corrected chi connectivity index (χ4v) is 4.00. The van der Waals surface area contributed by atoms with Gasteiger partial charge >= 0.3 is 0 Å². The Kier molecular flexibility index (Phi) is 3.70. The van der Waals surface area contributed by atoms with Crippen molar-refractivity contribution in [1.29, 1.82) is 0 Å². The number of halogens is 1. The van der Waals surface area contributed by atoms with Crippen LogP contribution in [0.5, 0.6) is 0 Å². The molecule has 0 spiro atoms. The van der Waals surface area contributed by atoms with Crippen LogP contribution in [-0.4, -0.2) is 31.4 Å². The molecule has 1 aromatic rings. The molecule has 100 valence electrons. The molecule has 0 amide bonds. The van der Waals surface area contributed by atoms with Gasteiger partial charge < -0.3 is 5.73 Å². The van der Waals surface area contributed by atoms with E-state index in [0.29, 0.717) is 19.4 Å². The van der Waals surface area contributed by atoms with E-state index in [1.54, 1.807) is 0 Å². The van der Waals surface area contributed by atoms with Crippen LogP contribution < -0.4 is 5.73 Å². The van der Waals surface area contributed by atoms with Crippen molar-refractivity contribution in [2.45, 2.75) is 36.7 Å². The highest BCUT2D eigenvalue weighted by Gasteiger charge is 2.33. The van der Waals surface area contributed by atoms with Gasteiger partial charge in [0.1, 0.15) is 5.82 Å². The Morgan fingerprint density at radius 2 is 2.17 bits per heavy atom. The van der Waals surface area contributed by atoms with Crippen LogP contribution in [0, 0.1) is 5.82 Å². The van der Waals surface area contributed by atoms with Crippen LogP contribution >= 0.6 is 0 Å². The molecule has 1 aliphatic heterocycles. The Morgan fingerprint density at radius 3 is 2.78 bits per heavy atom. The van der Waals surface area contributed by atoms with E-state index in [1.807, 2.05) is 6.92 Å². The summed E-state index contributed by atoms with van der Waals surface area (Å²) in [5.41, 5.74) is 5.81. The van der Waals surface area contributed by atoms with Gasteiger partial charge in [0.25, 0.3) is 0 Å². The van der Waals surface area contributed by atoms with Crippen molar-refractivity contribution >= 4 is 10.0 Å². The zero-order chi connectivity index (χ0) is 13.3. The summed E-state index contributed by atoms with van der Waals surface area (Å²) < 4.78 is 39.3. The summed E-state index contributed by atoms with van der Waals surface area (Å²) in [4.78, 5) is 0.00446. The number of nitrogens with zero attached hydrogens (tertiary/aromatic N) is 1. The van der Waals surface area contributed by atoms with Crippen LogP contribution in [0.15, 0.2) is 29.2 Å². The SMILES string of the molecule is CC1CC(N)CCN1S(=O)(=O)c1cccc(F)c1. The molecule has 0 aromatic heterocycles. The lowest BCUT2D eigenvalue weighted by molar-refractivity contribution is 0.247. The predicted octanol–water partition coefficient (Wildman–Crippen LogP) is 1.33. The van der Waals surface area contributed by atoms with Gasteiger partial charge in [0, 0.05) is 18.6 Å². The van der Waals surface area contributed by atoms with Crippen molar-refractivity contribution in [3.63, 3.8) is 0 Å². The van der Waals surface area contributed by atoms with Crippen LogP contribution in [0.2, 0.25) is 0 Å². The molecule has 6 heteroatoms. The molecule has 2 unspecified atom stereocenters. The van der Waals surface area contributed by atoms with Crippen molar-refractivity contribution < 1.29 is 12.8 Å².